The number of aromatic nitrogens is 3. The van der Waals surface area contributed by atoms with E-state index in [1.807, 2.05) is 18.2 Å². The van der Waals surface area contributed by atoms with Crippen LogP contribution in [0.15, 0.2) is 71.7 Å². The Hall–Kier alpha value is -3.92. The molecule has 0 fully saturated rings. The largest absolute Gasteiger partial charge is 0.573 e. The van der Waals surface area contributed by atoms with Crippen LogP contribution in [0.4, 0.5) is 19.0 Å². The average Bonchev–Trinajstić information content (AvgIpc) is 3.51. The minimum Gasteiger partial charge on any atom is -0.472 e. The highest BCUT2D eigenvalue weighted by Gasteiger charge is 2.31. The summed E-state index contributed by atoms with van der Waals surface area (Å²) in [5.74, 6) is 1.16. The summed E-state index contributed by atoms with van der Waals surface area (Å²) in [6.45, 7) is 2.77. The van der Waals surface area contributed by atoms with Crippen molar-refractivity contribution in [1.29, 1.82) is 0 Å². The zero-order chi connectivity index (χ0) is 25.1. The molecule has 0 saturated carbocycles. The van der Waals surface area contributed by atoms with E-state index in [9.17, 15) is 13.2 Å². The van der Waals surface area contributed by atoms with Gasteiger partial charge in [-0.2, -0.15) is 0 Å². The second kappa shape index (κ2) is 9.98. The van der Waals surface area contributed by atoms with E-state index in [2.05, 4.69) is 33.0 Å². The van der Waals surface area contributed by atoms with Crippen LogP contribution in [0.5, 0.6) is 5.75 Å². The van der Waals surface area contributed by atoms with Gasteiger partial charge in [-0.15, -0.1) is 24.5 Å². The number of nitrogens with one attached hydrogen (secondary N) is 1. The lowest BCUT2D eigenvalue weighted by molar-refractivity contribution is -0.274. The number of thiophene rings is 1. The van der Waals surface area contributed by atoms with Crippen molar-refractivity contribution in [3.05, 3.63) is 77.7 Å². The topological polar surface area (TPSA) is 73.1 Å². The van der Waals surface area contributed by atoms with Gasteiger partial charge in [0.2, 0.25) is 0 Å². The minimum atomic E-state index is -4.71. The fraction of sp³-hybridized carbons (Fsp3) is 0.192. The highest BCUT2D eigenvalue weighted by atomic mass is 32.1. The van der Waals surface area contributed by atoms with Gasteiger partial charge < -0.3 is 14.5 Å². The maximum Gasteiger partial charge on any atom is 0.573 e. The molecule has 6 nitrogen and oxygen atoms in total. The standard InChI is InChI=1S/C26H21F3N4O2S/c1-16-13-21-24(32-23(33-25(21)36-16)19-10-12-34-15-19)30-11-2-3-17-4-9-22(31-14-17)18-5-7-20(8-6-18)35-26(27,28)29/h4-10,12-15H,2-3,11H2,1H3,(H,30,32,33). The first-order chi connectivity index (χ1) is 17.3. The lowest BCUT2D eigenvalue weighted by Gasteiger charge is -2.10. The van der Waals surface area contributed by atoms with E-state index in [4.69, 9.17) is 9.40 Å². The molecule has 36 heavy (non-hydrogen) atoms. The van der Waals surface area contributed by atoms with Gasteiger partial charge in [0.25, 0.3) is 0 Å². The molecular weight excluding hydrogens is 489 g/mol. The molecule has 4 aromatic heterocycles. The minimum absolute atomic E-state index is 0.258. The van der Waals surface area contributed by atoms with E-state index in [0.717, 1.165) is 40.0 Å². The predicted octanol–water partition coefficient (Wildman–Crippen LogP) is 7.27. The van der Waals surface area contributed by atoms with Crippen LogP contribution in [0.25, 0.3) is 32.9 Å². The molecule has 0 aliphatic carbocycles. The fourth-order valence-electron chi connectivity index (χ4n) is 3.77. The van der Waals surface area contributed by atoms with Gasteiger partial charge in [0.15, 0.2) is 5.82 Å². The Morgan fingerprint density at radius 2 is 1.86 bits per heavy atom. The van der Waals surface area contributed by atoms with Gasteiger partial charge in [-0.3, -0.25) is 4.98 Å². The fourth-order valence-corrected chi connectivity index (χ4v) is 4.65. The molecule has 0 aliphatic rings. The molecule has 0 radical (unpaired) electrons. The lowest BCUT2D eigenvalue weighted by Crippen LogP contribution is -2.16. The number of halogens is 3. The molecule has 184 valence electrons. The van der Waals surface area contributed by atoms with Crippen LogP contribution < -0.4 is 10.1 Å². The van der Waals surface area contributed by atoms with Crippen LogP contribution in [0.1, 0.15) is 16.9 Å². The van der Waals surface area contributed by atoms with E-state index in [1.54, 1.807) is 42.2 Å². The van der Waals surface area contributed by atoms with Crippen molar-refractivity contribution in [2.75, 3.05) is 11.9 Å². The zero-order valence-electron chi connectivity index (χ0n) is 19.2. The summed E-state index contributed by atoms with van der Waals surface area (Å²) in [5.41, 5.74) is 3.29. The van der Waals surface area contributed by atoms with E-state index in [0.29, 0.717) is 23.6 Å². The molecule has 0 bridgehead atoms. The van der Waals surface area contributed by atoms with Gasteiger partial charge in [-0.1, -0.05) is 6.07 Å². The average molecular weight is 511 g/mol. The normalized spacial score (nSPS) is 11.7. The smallest absolute Gasteiger partial charge is 0.472 e. The maximum atomic E-state index is 12.3. The van der Waals surface area contributed by atoms with Gasteiger partial charge in [-0.05, 0) is 67.8 Å². The molecule has 1 N–H and O–H groups in total. The van der Waals surface area contributed by atoms with Gasteiger partial charge in [-0.25, -0.2) is 9.97 Å². The Kier molecular flexibility index (Phi) is 6.60. The Morgan fingerprint density at radius 3 is 2.56 bits per heavy atom. The summed E-state index contributed by atoms with van der Waals surface area (Å²) >= 11 is 1.63. The Balaban J connectivity index is 1.20. The number of rotatable bonds is 8. The molecule has 0 aliphatic heterocycles. The number of fused-ring (bicyclic) bond motifs is 1. The van der Waals surface area contributed by atoms with Crippen LogP contribution in [-0.4, -0.2) is 27.9 Å². The van der Waals surface area contributed by atoms with Crippen molar-refractivity contribution in [1.82, 2.24) is 15.0 Å². The first kappa shape index (κ1) is 23.8. The molecule has 5 aromatic rings. The van der Waals surface area contributed by atoms with Gasteiger partial charge in [0.05, 0.1) is 22.9 Å². The molecule has 0 amide bonds. The first-order valence-corrected chi connectivity index (χ1v) is 12.0. The quantitative estimate of drug-likeness (QED) is 0.221. The summed E-state index contributed by atoms with van der Waals surface area (Å²) in [5, 5.41) is 4.45. The molecule has 0 spiro atoms. The van der Waals surface area contributed by atoms with Gasteiger partial charge in [0.1, 0.15) is 22.7 Å². The number of anilines is 1. The van der Waals surface area contributed by atoms with Crippen LogP contribution in [0.2, 0.25) is 0 Å². The van der Waals surface area contributed by atoms with E-state index in [1.165, 1.54) is 17.0 Å². The number of aryl methyl sites for hydroxylation is 2. The Labute approximate surface area is 208 Å². The summed E-state index contributed by atoms with van der Waals surface area (Å²) in [7, 11) is 0. The lowest BCUT2D eigenvalue weighted by atomic mass is 10.1. The molecule has 1 aromatic carbocycles. The van der Waals surface area contributed by atoms with Crippen LogP contribution in [-0.2, 0) is 6.42 Å². The summed E-state index contributed by atoms with van der Waals surface area (Å²) in [6.07, 6.45) is 1.99. The van der Waals surface area contributed by atoms with Gasteiger partial charge in [0, 0.05) is 23.2 Å². The number of pyridine rings is 1. The maximum absolute atomic E-state index is 12.3. The molecular formula is C26H21F3N4O2S. The Morgan fingerprint density at radius 1 is 1.03 bits per heavy atom. The molecule has 10 heteroatoms. The third kappa shape index (κ3) is 5.65. The molecule has 0 unspecified atom stereocenters. The van der Waals surface area contributed by atoms with E-state index in [-0.39, 0.29) is 5.75 Å². The molecule has 5 rings (SSSR count). The monoisotopic (exact) mass is 510 g/mol. The highest BCUT2D eigenvalue weighted by Crippen LogP contribution is 2.31. The van der Waals surface area contributed by atoms with Gasteiger partial charge >= 0.3 is 6.36 Å². The molecule has 0 atom stereocenters. The molecule has 4 heterocycles. The van der Waals surface area contributed by atoms with E-state index >= 15 is 0 Å². The highest BCUT2D eigenvalue weighted by molar-refractivity contribution is 7.18. The number of nitrogens with zero attached hydrogens (tertiary/aromatic N) is 3. The van der Waals surface area contributed by atoms with Crippen molar-refractivity contribution >= 4 is 27.4 Å². The molecule has 0 saturated heterocycles. The van der Waals surface area contributed by atoms with Crippen molar-refractivity contribution in [2.45, 2.75) is 26.1 Å². The second-order valence-corrected chi connectivity index (χ2v) is 9.37. The van der Waals surface area contributed by atoms with Crippen molar-refractivity contribution < 1.29 is 22.3 Å². The van der Waals surface area contributed by atoms with Crippen molar-refractivity contribution in [2.24, 2.45) is 0 Å². The zero-order valence-corrected chi connectivity index (χ0v) is 20.0. The third-order valence-corrected chi connectivity index (χ3v) is 6.38. The van der Waals surface area contributed by atoms with E-state index < -0.39 is 6.36 Å². The van der Waals surface area contributed by atoms with Crippen molar-refractivity contribution in [3.8, 4) is 28.4 Å². The summed E-state index contributed by atoms with van der Waals surface area (Å²) in [4.78, 5) is 15.9. The number of furan rings is 1. The second-order valence-electron chi connectivity index (χ2n) is 8.14. The predicted molar refractivity (Wildman–Crippen MR) is 133 cm³/mol. The number of benzene rings is 1. The number of hydrogen-bond donors (Lipinski definition) is 1. The number of hydrogen-bond acceptors (Lipinski definition) is 7. The van der Waals surface area contributed by atoms with Crippen LogP contribution in [0.3, 0.4) is 0 Å². The Bertz CT molecular complexity index is 1450. The number of alkyl halides is 3. The third-order valence-electron chi connectivity index (χ3n) is 5.44. The first-order valence-electron chi connectivity index (χ1n) is 11.2. The summed E-state index contributed by atoms with van der Waals surface area (Å²) in [6, 6.07) is 13.4. The van der Waals surface area contributed by atoms with Crippen molar-refractivity contribution in [3.63, 3.8) is 0 Å². The van der Waals surface area contributed by atoms with Crippen LogP contribution >= 0.6 is 11.3 Å². The number of ether oxygens (including phenoxy) is 1. The van der Waals surface area contributed by atoms with Crippen LogP contribution in [0, 0.1) is 6.92 Å². The summed E-state index contributed by atoms with van der Waals surface area (Å²) < 4.78 is 46.1. The SMILES string of the molecule is Cc1cc2c(NCCCc3ccc(-c4ccc(OC(F)(F)F)cc4)nc3)nc(-c3ccoc3)nc2s1.